The molecule has 1 saturated heterocycles. The number of aromatic hydroxyl groups is 1. The van der Waals surface area contributed by atoms with Gasteiger partial charge in [-0.1, -0.05) is 86.4 Å². The second kappa shape index (κ2) is 21.3. The molecule has 1 heterocycles. The molecule has 6 N–H and O–H groups in total. The molecule has 53 heavy (non-hydrogen) atoms. The topological polar surface area (TPSA) is 192 Å². The van der Waals surface area contributed by atoms with Gasteiger partial charge >= 0.3 is 5.97 Å². The van der Waals surface area contributed by atoms with E-state index in [0.29, 0.717) is 17.9 Å². The third-order valence-electron chi connectivity index (χ3n) is 9.49. The molecule has 8 atom stereocenters. The van der Waals surface area contributed by atoms with E-state index in [2.05, 4.69) is 47.4 Å². The second-order valence-corrected chi connectivity index (χ2v) is 15.5. The van der Waals surface area contributed by atoms with Crippen LogP contribution in [-0.2, 0) is 39.9 Å². The molecule has 1 aliphatic rings. The Bertz CT molecular complexity index is 1440. The Kier molecular flexibility index (Phi) is 18.0. The summed E-state index contributed by atoms with van der Waals surface area (Å²) in [5.41, 5.74) is 0.373. The van der Waals surface area contributed by atoms with Crippen molar-refractivity contribution in [3.8, 4) is 5.75 Å². The maximum Gasteiger partial charge on any atom is 0.354 e. The minimum Gasteiger partial charge on any atom is -0.508 e. The molecule has 3 unspecified atom stereocenters. The number of allylic oxidation sites excluding steroid dienone is 1. The Balaban J connectivity index is 2.54. The molecular weight excluding hydrogens is 678 g/mol. The third-order valence-corrected chi connectivity index (χ3v) is 9.49. The minimum absolute atomic E-state index is 0.00643. The van der Waals surface area contributed by atoms with Crippen molar-refractivity contribution in [1.82, 2.24) is 26.6 Å². The van der Waals surface area contributed by atoms with Crippen LogP contribution in [0, 0.1) is 29.6 Å². The predicted octanol–water partition coefficient (Wildman–Crippen LogP) is 4.03. The van der Waals surface area contributed by atoms with E-state index >= 15 is 0 Å². The van der Waals surface area contributed by atoms with Gasteiger partial charge in [-0.2, -0.15) is 0 Å². The fourth-order valence-electron chi connectivity index (χ4n) is 6.65. The van der Waals surface area contributed by atoms with Crippen LogP contribution in [0.25, 0.3) is 0 Å². The van der Waals surface area contributed by atoms with E-state index in [4.69, 9.17) is 4.74 Å². The standard InChI is InChI=1S/C40H63N5O8/c1-11-13-24(7)19-25(8)20-26(9)35(47)45-34-27(10)53-40(52)30(12-2)41-36(48)32(21-28-14-16-29(46)17-15-28)43-38(50)33(23(5)6)44-37(49)31(18-22(3)4)42-39(34)51/h12,14-17,22-27,31-34,46H,11,13,18-21H2,1-10H3,(H,41,48)(H,42,51)(H,43,50)(H,44,49)(H,45,47)/b30-12-/t24?,25?,26?,27-,31-,32+,33-,34-/m0/s1. The number of hydrogen-bond acceptors (Lipinski definition) is 8. The maximum atomic E-state index is 14.0. The number of ether oxygens (including phenoxy) is 1. The van der Waals surface area contributed by atoms with Crippen molar-refractivity contribution in [2.75, 3.05) is 0 Å². The van der Waals surface area contributed by atoms with Crippen LogP contribution in [0.15, 0.2) is 36.0 Å². The molecule has 0 spiro atoms. The van der Waals surface area contributed by atoms with Crippen molar-refractivity contribution < 1.29 is 38.6 Å². The van der Waals surface area contributed by atoms with E-state index in [1.165, 1.54) is 32.1 Å². The highest BCUT2D eigenvalue weighted by molar-refractivity contribution is 5.99. The van der Waals surface area contributed by atoms with Gasteiger partial charge < -0.3 is 36.4 Å². The number of amides is 5. The van der Waals surface area contributed by atoms with Gasteiger partial charge in [-0.3, -0.25) is 24.0 Å². The molecule has 0 radical (unpaired) electrons. The summed E-state index contributed by atoms with van der Waals surface area (Å²) in [6.45, 7) is 18.4. The van der Waals surface area contributed by atoms with Crippen molar-refractivity contribution >= 4 is 35.5 Å². The SMILES string of the molecule is C/C=C1\NC(=O)[C@@H](Cc2ccc(O)cc2)NC(=O)[C@H](C(C)C)NC(=O)[C@H](CC(C)C)NC(=O)[C@@H](NC(=O)C(C)CC(C)CC(C)CCC)[C@H](C)OC1=O. The summed E-state index contributed by atoms with van der Waals surface area (Å²) in [4.78, 5) is 82.4. The zero-order valence-electron chi connectivity index (χ0n) is 33.2. The zero-order valence-corrected chi connectivity index (χ0v) is 33.2. The first kappa shape index (κ1) is 44.7. The van der Waals surface area contributed by atoms with Crippen LogP contribution in [-0.4, -0.2) is 70.9 Å². The summed E-state index contributed by atoms with van der Waals surface area (Å²) >= 11 is 0. The van der Waals surface area contributed by atoms with E-state index in [0.717, 1.165) is 19.3 Å². The van der Waals surface area contributed by atoms with Crippen LogP contribution in [0.3, 0.4) is 0 Å². The average Bonchev–Trinajstić information content (AvgIpc) is 3.07. The molecule has 1 aliphatic heterocycles. The van der Waals surface area contributed by atoms with Crippen LogP contribution in [0.1, 0.15) is 107 Å². The van der Waals surface area contributed by atoms with Crippen molar-refractivity contribution in [2.45, 2.75) is 138 Å². The summed E-state index contributed by atoms with van der Waals surface area (Å²) in [5, 5.41) is 23.3. The minimum atomic E-state index is -1.39. The Morgan fingerprint density at radius 3 is 2.04 bits per heavy atom. The Hall–Kier alpha value is -4.42. The quantitative estimate of drug-likeness (QED) is 0.129. The first-order chi connectivity index (χ1) is 24.9. The van der Waals surface area contributed by atoms with Gasteiger partial charge in [-0.05, 0) is 74.5 Å². The molecule has 13 heteroatoms. The normalized spacial score (nSPS) is 24.8. The van der Waals surface area contributed by atoms with Crippen molar-refractivity contribution in [3.05, 3.63) is 41.6 Å². The number of carbonyl (C=O) groups is 6. The molecule has 0 bridgehead atoms. The molecule has 5 amide bonds. The second-order valence-electron chi connectivity index (χ2n) is 15.5. The number of nitrogens with one attached hydrogen (secondary N) is 5. The summed E-state index contributed by atoms with van der Waals surface area (Å²) < 4.78 is 5.69. The highest BCUT2D eigenvalue weighted by Crippen LogP contribution is 2.23. The fraction of sp³-hybridized carbons (Fsp3) is 0.650. The average molecular weight is 742 g/mol. The monoisotopic (exact) mass is 741 g/mol. The van der Waals surface area contributed by atoms with Crippen LogP contribution in [0.2, 0.25) is 0 Å². The Morgan fingerprint density at radius 2 is 1.47 bits per heavy atom. The molecular formula is C40H63N5O8. The number of benzene rings is 1. The van der Waals surface area contributed by atoms with E-state index < -0.39 is 77.6 Å². The number of cyclic esters (lactones) is 1. The van der Waals surface area contributed by atoms with Crippen LogP contribution >= 0.6 is 0 Å². The van der Waals surface area contributed by atoms with Crippen LogP contribution in [0.5, 0.6) is 5.75 Å². The molecule has 0 aromatic heterocycles. The highest BCUT2D eigenvalue weighted by Gasteiger charge is 2.37. The van der Waals surface area contributed by atoms with Gasteiger partial charge in [0.05, 0.1) is 0 Å². The van der Waals surface area contributed by atoms with Gasteiger partial charge in [0.1, 0.15) is 41.7 Å². The molecule has 0 saturated carbocycles. The molecule has 2 rings (SSSR count). The lowest BCUT2D eigenvalue weighted by Gasteiger charge is -2.31. The van der Waals surface area contributed by atoms with E-state index in [1.807, 2.05) is 13.8 Å². The van der Waals surface area contributed by atoms with Gasteiger partial charge in [-0.25, -0.2) is 4.79 Å². The maximum absolute atomic E-state index is 14.0. The summed E-state index contributed by atoms with van der Waals surface area (Å²) in [6, 6.07) is 1.31. The van der Waals surface area contributed by atoms with Gasteiger partial charge in [0.2, 0.25) is 29.5 Å². The summed E-state index contributed by atoms with van der Waals surface area (Å²) in [6.07, 6.45) is 4.03. The van der Waals surface area contributed by atoms with Gasteiger partial charge in [0, 0.05) is 12.3 Å². The molecule has 1 aromatic carbocycles. The molecule has 296 valence electrons. The number of rotatable bonds is 13. The lowest BCUT2D eigenvalue weighted by atomic mass is 9.87. The number of esters is 1. The lowest BCUT2D eigenvalue weighted by Crippen LogP contribution is -2.61. The number of hydrogen-bond donors (Lipinski definition) is 6. The molecule has 13 nitrogen and oxygen atoms in total. The number of phenolic OH excluding ortho intramolecular Hbond substituents is 1. The molecule has 1 aromatic rings. The first-order valence-corrected chi connectivity index (χ1v) is 19.0. The Labute approximate surface area is 315 Å². The summed E-state index contributed by atoms with van der Waals surface area (Å²) in [5.74, 6) is -4.28. The molecule has 0 aliphatic carbocycles. The van der Waals surface area contributed by atoms with Crippen LogP contribution < -0.4 is 26.6 Å². The number of phenols is 1. The Morgan fingerprint density at radius 1 is 0.849 bits per heavy atom. The van der Waals surface area contributed by atoms with E-state index in [-0.39, 0.29) is 36.1 Å². The lowest BCUT2D eigenvalue weighted by molar-refractivity contribution is -0.150. The third kappa shape index (κ3) is 14.5. The van der Waals surface area contributed by atoms with Gasteiger partial charge in [0.25, 0.3) is 0 Å². The van der Waals surface area contributed by atoms with Crippen molar-refractivity contribution in [2.24, 2.45) is 29.6 Å². The highest BCUT2D eigenvalue weighted by atomic mass is 16.5. The van der Waals surface area contributed by atoms with Crippen molar-refractivity contribution in [1.29, 1.82) is 0 Å². The van der Waals surface area contributed by atoms with Crippen LogP contribution in [0.4, 0.5) is 0 Å². The predicted molar refractivity (Wildman–Crippen MR) is 203 cm³/mol. The van der Waals surface area contributed by atoms with E-state index in [9.17, 15) is 33.9 Å². The summed E-state index contributed by atoms with van der Waals surface area (Å²) in [7, 11) is 0. The fourth-order valence-corrected chi connectivity index (χ4v) is 6.65. The van der Waals surface area contributed by atoms with E-state index in [1.54, 1.807) is 32.9 Å². The number of carbonyl (C=O) groups excluding carboxylic acids is 6. The zero-order chi connectivity index (χ0) is 40.0. The first-order valence-electron chi connectivity index (χ1n) is 19.0. The van der Waals surface area contributed by atoms with Crippen molar-refractivity contribution in [3.63, 3.8) is 0 Å². The largest absolute Gasteiger partial charge is 0.508 e. The van der Waals surface area contributed by atoms with Gasteiger partial charge in [-0.15, -0.1) is 0 Å². The van der Waals surface area contributed by atoms with Gasteiger partial charge in [0.15, 0.2) is 0 Å². The molecule has 1 fully saturated rings. The smallest absolute Gasteiger partial charge is 0.354 e.